The zero-order chi connectivity index (χ0) is 17.9. The monoisotopic (exact) mass is 339 g/mol. The quantitative estimate of drug-likeness (QED) is 0.658. The van der Waals surface area contributed by atoms with Crippen molar-refractivity contribution >= 4 is 17.3 Å². The lowest BCUT2D eigenvalue weighted by Gasteiger charge is -2.34. The number of ether oxygens (including phenoxy) is 1. The Balaban J connectivity index is 2.26. The van der Waals surface area contributed by atoms with Gasteiger partial charge in [-0.1, -0.05) is 13.8 Å². The van der Waals surface area contributed by atoms with Crippen molar-refractivity contribution in [2.24, 2.45) is 5.92 Å². The number of nitro benzene ring substituents is 1. The Morgan fingerprint density at radius 1 is 1.50 bits per heavy atom. The minimum absolute atomic E-state index is 0.0380. The van der Waals surface area contributed by atoms with Gasteiger partial charge in [-0.3, -0.25) is 14.9 Å². The predicted octanol–water partition coefficient (Wildman–Crippen LogP) is 2.48. The van der Waals surface area contributed by atoms with Crippen LogP contribution < -0.4 is 15.0 Å². The van der Waals surface area contributed by atoms with Gasteiger partial charge < -0.3 is 15.0 Å². The normalized spacial score (nSPS) is 17.7. The topological polar surface area (TPSA) is 84.7 Å². The number of rotatable bonds is 5. The van der Waals surface area contributed by atoms with E-state index < -0.39 is 10.7 Å². The Kier molecular flexibility index (Phi) is 5.58. The highest BCUT2D eigenvalue weighted by molar-refractivity contribution is 5.78. The molecule has 0 bridgehead atoms. The van der Waals surface area contributed by atoms with E-state index in [-0.39, 0.29) is 29.3 Å². The van der Waals surface area contributed by atoms with E-state index in [4.69, 9.17) is 4.74 Å². The first-order chi connectivity index (χ1) is 11.3. The third-order valence-electron chi connectivity index (χ3n) is 4.08. The van der Waals surface area contributed by atoms with Gasteiger partial charge in [0.15, 0.2) is 11.6 Å². The van der Waals surface area contributed by atoms with Crippen molar-refractivity contribution in [3.63, 3.8) is 0 Å². The van der Waals surface area contributed by atoms with Crippen molar-refractivity contribution in [1.29, 1.82) is 0 Å². The van der Waals surface area contributed by atoms with Crippen molar-refractivity contribution in [1.82, 2.24) is 5.32 Å². The Bertz CT molecular complexity index is 636. The van der Waals surface area contributed by atoms with Gasteiger partial charge >= 0.3 is 0 Å². The van der Waals surface area contributed by atoms with Crippen LogP contribution in [0.5, 0.6) is 5.75 Å². The van der Waals surface area contributed by atoms with Crippen molar-refractivity contribution in [2.45, 2.75) is 32.7 Å². The molecule has 1 aliphatic heterocycles. The number of nitro groups is 1. The molecule has 0 radical (unpaired) electrons. The number of nitrogens with one attached hydrogen (secondary N) is 1. The molecule has 1 fully saturated rings. The van der Waals surface area contributed by atoms with Crippen LogP contribution in [0.25, 0.3) is 0 Å². The van der Waals surface area contributed by atoms with E-state index >= 15 is 0 Å². The predicted molar refractivity (Wildman–Crippen MR) is 87.8 cm³/mol. The van der Waals surface area contributed by atoms with Crippen LogP contribution in [0.15, 0.2) is 12.1 Å². The molecule has 1 aromatic rings. The van der Waals surface area contributed by atoms with Crippen LogP contribution in [0.4, 0.5) is 15.8 Å². The summed E-state index contributed by atoms with van der Waals surface area (Å²) >= 11 is 0. The molecule has 132 valence electrons. The van der Waals surface area contributed by atoms with Crippen molar-refractivity contribution in [3.05, 3.63) is 28.1 Å². The van der Waals surface area contributed by atoms with Gasteiger partial charge in [0.2, 0.25) is 5.91 Å². The molecule has 8 heteroatoms. The fourth-order valence-corrected chi connectivity index (χ4v) is 2.77. The summed E-state index contributed by atoms with van der Waals surface area (Å²) < 4.78 is 18.7. The van der Waals surface area contributed by atoms with E-state index in [0.29, 0.717) is 18.8 Å². The van der Waals surface area contributed by atoms with Crippen molar-refractivity contribution < 1.29 is 18.8 Å². The summed E-state index contributed by atoms with van der Waals surface area (Å²) in [6, 6.07) is 2.13. The number of carbonyl (C=O) groups excluding carboxylic acids is 1. The van der Waals surface area contributed by atoms with Crippen LogP contribution in [0.2, 0.25) is 0 Å². The molecule has 7 nitrogen and oxygen atoms in total. The molecule has 1 amide bonds. The molecule has 1 atom stereocenters. The number of anilines is 1. The number of hydrogen-bond acceptors (Lipinski definition) is 5. The summed E-state index contributed by atoms with van der Waals surface area (Å²) in [7, 11) is 1.32. The molecular formula is C16H22FN3O4. The molecular weight excluding hydrogens is 317 g/mol. The fraction of sp³-hybridized carbons (Fsp3) is 0.562. The largest absolute Gasteiger partial charge is 0.494 e. The highest BCUT2D eigenvalue weighted by Gasteiger charge is 2.28. The lowest BCUT2D eigenvalue weighted by molar-refractivity contribution is -0.384. The highest BCUT2D eigenvalue weighted by Crippen LogP contribution is 2.35. The number of carbonyl (C=O) groups is 1. The summed E-state index contributed by atoms with van der Waals surface area (Å²) in [5.41, 5.74) is 0.00545. The van der Waals surface area contributed by atoms with E-state index in [1.54, 1.807) is 4.90 Å². The maximum Gasteiger partial charge on any atom is 0.295 e. The molecule has 0 aromatic heterocycles. The maximum atomic E-state index is 13.8. The molecule has 1 heterocycles. The second kappa shape index (κ2) is 7.46. The van der Waals surface area contributed by atoms with Crippen molar-refractivity contribution in [3.8, 4) is 5.75 Å². The second-order valence-corrected chi connectivity index (χ2v) is 6.18. The molecule has 1 aliphatic rings. The summed E-state index contributed by atoms with van der Waals surface area (Å²) in [4.78, 5) is 24.3. The first-order valence-electron chi connectivity index (χ1n) is 7.90. The van der Waals surface area contributed by atoms with Crippen LogP contribution in [0.3, 0.4) is 0 Å². The van der Waals surface area contributed by atoms with E-state index in [2.05, 4.69) is 5.32 Å². The third-order valence-corrected chi connectivity index (χ3v) is 4.08. The number of hydrogen-bond donors (Lipinski definition) is 1. The minimum Gasteiger partial charge on any atom is -0.494 e. The Morgan fingerprint density at radius 2 is 2.21 bits per heavy atom. The van der Waals surface area contributed by atoms with Crippen LogP contribution in [-0.4, -0.2) is 37.1 Å². The van der Waals surface area contributed by atoms with Gasteiger partial charge in [-0.15, -0.1) is 0 Å². The average molecular weight is 339 g/mol. The van der Waals surface area contributed by atoms with Crippen LogP contribution >= 0.6 is 0 Å². The van der Waals surface area contributed by atoms with Gasteiger partial charge in [0, 0.05) is 31.1 Å². The smallest absolute Gasteiger partial charge is 0.295 e. The summed E-state index contributed by atoms with van der Waals surface area (Å²) in [5, 5.41) is 14.2. The molecule has 0 aliphatic carbocycles. The van der Waals surface area contributed by atoms with Crippen molar-refractivity contribution in [2.75, 3.05) is 25.1 Å². The van der Waals surface area contributed by atoms with E-state index in [0.717, 1.165) is 18.9 Å². The second-order valence-electron chi connectivity index (χ2n) is 6.18. The minimum atomic E-state index is -0.769. The zero-order valence-electron chi connectivity index (χ0n) is 14.0. The molecule has 0 spiro atoms. The molecule has 1 unspecified atom stereocenters. The van der Waals surface area contributed by atoms with Gasteiger partial charge in [0.1, 0.15) is 5.69 Å². The summed E-state index contributed by atoms with van der Waals surface area (Å²) in [5.74, 6) is -0.979. The van der Waals surface area contributed by atoms with Gasteiger partial charge in [0.05, 0.1) is 18.1 Å². The number of benzene rings is 1. The van der Waals surface area contributed by atoms with Gasteiger partial charge in [-0.2, -0.15) is 0 Å². The number of nitrogens with zero attached hydrogens (tertiary/aromatic N) is 2. The molecule has 1 aromatic carbocycles. The first-order valence-corrected chi connectivity index (χ1v) is 7.90. The van der Waals surface area contributed by atoms with E-state index in [1.165, 1.54) is 13.2 Å². The zero-order valence-corrected chi connectivity index (χ0v) is 14.0. The lowest BCUT2D eigenvalue weighted by Crippen LogP contribution is -2.48. The van der Waals surface area contributed by atoms with Gasteiger partial charge in [-0.25, -0.2) is 4.39 Å². The first kappa shape index (κ1) is 18.0. The number of piperidine rings is 1. The number of methoxy groups -OCH3 is 1. The molecule has 1 saturated heterocycles. The average Bonchev–Trinajstić information content (AvgIpc) is 2.54. The number of amides is 1. The standard InChI is InChI=1S/C16H22FN3O4/c1-10(2)16(21)18-11-5-4-6-19(9-11)13-8-15(24-3)12(17)7-14(13)20(22)23/h7-8,10-11H,4-6,9H2,1-3H3,(H,18,21). The molecule has 1 N–H and O–H groups in total. The van der Waals surface area contributed by atoms with E-state index in [1.807, 2.05) is 13.8 Å². The highest BCUT2D eigenvalue weighted by atomic mass is 19.1. The lowest BCUT2D eigenvalue weighted by atomic mass is 10.0. The maximum absolute atomic E-state index is 13.8. The van der Waals surface area contributed by atoms with Gasteiger partial charge in [0.25, 0.3) is 5.69 Å². The fourth-order valence-electron chi connectivity index (χ4n) is 2.77. The van der Waals surface area contributed by atoms with Gasteiger partial charge in [-0.05, 0) is 12.8 Å². The Hall–Kier alpha value is -2.38. The SMILES string of the molecule is COc1cc(N2CCCC(NC(=O)C(C)C)C2)c([N+](=O)[O-])cc1F. The van der Waals surface area contributed by atoms with Crippen LogP contribution in [0, 0.1) is 21.8 Å². The molecule has 24 heavy (non-hydrogen) atoms. The summed E-state index contributed by atoms with van der Waals surface area (Å²) in [6.07, 6.45) is 1.58. The third kappa shape index (κ3) is 3.93. The Labute approximate surface area is 139 Å². The Morgan fingerprint density at radius 3 is 2.79 bits per heavy atom. The number of halogens is 1. The van der Waals surface area contributed by atoms with E-state index in [9.17, 15) is 19.3 Å². The van der Waals surface area contributed by atoms with Crippen LogP contribution in [0.1, 0.15) is 26.7 Å². The summed E-state index contributed by atoms with van der Waals surface area (Å²) in [6.45, 7) is 4.66. The van der Waals surface area contributed by atoms with Crippen LogP contribution in [-0.2, 0) is 4.79 Å². The molecule has 2 rings (SSSR count). The molecule has 0 saturated carbocycles.